The van der Waals surface area contributed by atoms with Gasteiger partial charge in [-0.25, -0.2) is 9.37 Å². The number of carbonyl (C=O) groups is 1. The third-order valence-electron chi connectivity index (χ3n) is 3.16. The summed E-state index contributed by atoms with van der Waals surface area (Å²) in [5.41, 5.74) is 1.52. The standard InChI is InChI=1S/C16H12ClFN4OS/c17-12-5-6-13(18)14(7-12)21-15(23)11-3-1-10(2-4-11)8-24-16-19-9-20-22-16/h1-7,9H,8H2,(H,21,23)(H,19,20,22). The van der Waals surface area contributed by atoms with E-state index in [1.54, 1.807) is 12.1 Å². The largest absolute Gasteiger partial charge is 0.319 e. The molecule has 1 heterocycles. The Kier molecular flexibility index (Phi) is 5.12. The Morgan fingerprint density at radius 2 is 2.04 bits per heavy atom. The molecule has 8 heteroatoms. The molecule has 1 amide bonds. The van der Waals surface area contributed by atoms with Gasteiger partial charge in [0.1, 0.15) is 12.1 Å². The van der Waals surface area contributed by atoms with Gasteiger partial charge in [-0.2, -0.15) is 5.10 Å². The van der Waals surface area contributed by atoms with Crippen LogP contribution >= 0.6 is 23.4 Å². The SMILES string of the molecule is O=C(Nc1cc(Cl)ccc1F)c1ccc(CSc2ncn[nH]2)cc1. The van der Waals surface area contributed by atoms with Crippen LogP contribution in [-0.4, -0.2) is 21.1 Å². The summed E-state index contributed by atoms with van der Waals surface area (Å²) in [4.78, 5) is 16.2. The monoisotopic (exact) mass is 362 g/mol. The summed E-state index contributed by atoms with van der Waals surface area (Å²) in [5.74, 6) is -0.238. The van der Waals surface area contributed by atoms with Crippen molar-refractivity contribution >= 4 is 35.0 Å². The van der Waals surface area contributed by atoms with Crippen LogP contribution in [0, 0.1) is 5.82 Å². The lowest BCUT2D eigenvalue weighted by atomic mass is 10.1. The van der Waals surface area contributed by atoms with Crippen LogP contribution in [0.25, 0.3) is 0 Å². The van der Waals surface area contributed by atoms with E-state index in [0.717, 1.165) is 10.7 Å². The number of carbonyl (C=O) groups excluding carboxylic acids is 1. The van der Waals surface area contributed by atoms with E-state index in [-0.39, 0.29) is 5.69 Å². The Balaban J connectivity index is 1.64. The number of aromatic amines is 1. The molecule has 0 unspecified atom stereocenters. The fourth-order valence-electron chi connectivity index (χ4n) is 1.96. The Morgan fingerprint density at radius 1 is 1.25 bits per heavy atom. The molecule has 122 valence electrons. The summed E-state index contributed by atoms with van der Waals surface area (Å²) in [6.45, 7) is 0. The van der Waals surface area contributed by atoms with Crippen LogP contribution in [-0.2, 0) is 5.75 Å². The van der Waals surface area contributed by atoms with E-state index in [9.17, 15) is 9.18 Å². The van der Waals surface area contributed by atoms with Gasteiger partial charge in [-0.05, 0) is 35.9 Å². The number of anilines is 1. The molecule has 0 spiro atoms. The molecular formula is C16H12ClFN4OS. The van der Waals surface area contributed by atoms with Crippen molar-refractivity contribution < 1.29 is 9.18 Å². The molecule has 0 radical (unpaired) electrons. The average molecular weight is 363 g/mol. The summed E-state index contributed by atoms with van der Waals surface area (Å²) in [6, 6.07) is 11.1. The smallest absolute Gasteiger partial charge is 0.255 e. The summed E-state index contributed by atoms with van der Waals surface area (Å²) in [5, 5.41) is 10.1. The first-order valence-electron chi connectivity index (χ1n) is 6.95. The van der Waals surface area contributed by atoms with Crippen LogP contribution in [0.15, 0.2) is 53.9 Å². The molecule has 5 nitrogen and oxygen atoms in total. The van der Waals surface area contributed by atoms with Crippen molar-refractivity contribution in [1.29, 1.82) is 0 Å². The molecule has 2 N–H and O–H groups in total. The first-order valence-corrected chi connectivity index (χ1v) is 8.32. The fourth-order valence-corrected chi connectivity index (χ4v) is 2.86. The van der Waals surface area contributed by atoms with Crippen LogP contribution in [0.3, 0.4) is 0 Å². The highest BCUT2D eigenvalue weighted by molar-refractivity contribution is 7.98. The first-order chi connectivity index (χ1) is 11.6. The number of thioether (sulfide) groups is 1. The van der Waals surface area contributed by atoms with Gasteiger partial charge in [-0.15, -0.1) is 0 Å². The van der Waals surface area contributed by atoms with Gasteiger partial charge in [0, 0.05) is 16.3 Å². The van der Waals surface area contributed by atoms with Crippen molar-refractivity contribution in [3.05, 3.63) is 70.8 Å². The second-order valence-electron chi connectivity index (χ2n) is 4.85. The zero-order valence-electron chi connectivity index (χ0n) is 12.3. The molecule has 3 rings (SSSR count). The van der Waals surface area contributed by atoms with E-state index >= 15 is 0 Å². The Labute approximate surface area is 146 Å². The number of nitrogens with zero attached hydrogens (tertiary/aromatic N) is 2. The Hall–Kier alpha value is -2.38. The van der Waals surface area contributed by atoms with Crippen LogP contribution in [0.4, 0.5) is 10.1 Å². The number of nitrogens with one attached hydrogen (secondary N) is 2. The van der Waals surface area contributed by atoms with Crippen molar-refractivity contribution in [1.82, 2.24) is 15.2 Å². The number of hydrogen-bond acceptors (Lipinski definition) is 4. The molecule has 0 aliphatic rings. The Bertz CT molecular complexity index is 840. The highest BCUT2D eigenvalue weighted by atomic mass is 35.5. The minimum absolute atomic E-state index is 0.0532. The van der Waals surface area contributed by atoms with E-state index < -0.39 is 11.7 Å². The van der Waals surface area contributed by atoms with Crippen molar-refractivity contribution in [2.45, 2.75) is 10.9 Å². The van der Waals surface area contributed by atoms with Gasteiger partial charge in [0.2, 0.25) is 0 Å². The molecule has 1 aromatic heterocycles. The number of H-pyrrole nitrogens is 1. The highest BCUT2D eigenvalue weighted by Crippen LogP contribution is 2.21. The van der Waals surface area contributed by atoms with Crippen molar-refractivity contribution in [2.24, 2.45) is 0 Å². The molecule has 2 aromatic carbocycles. The molecule has 0 bridgehead atoms. The van der Waals surface area contributed by atoms with E-state index in [1.807, 2.05) is 12.1 Å². The second-order valence-corrected chi connectivity index (χ2v) is 6.26. The van der Waals surface area contributed by atoms with E-state index in [0.29, 0.717) is 16.3 Å². The molecule has 0 fully saturated rings. The van der Waals surface area contributed by atoms with Gasteiger partial charge in [-0.1, -0.05) is 35.5 Å². The van der Waals surface area contributed by atoms with Crippen LogP contribution in [0.1, 0.15) is 15.9 Å². The van der Waals surface area contributed by atoms with Gasteiger partial charge < -0.3 is 5.32 Å². The lowest BCUT2D eigenvalue weighted by Crippen LogP contribution is -2.13. The fraction of sp³-hybridized carbons (Fsp3) is 0.0625. The summed E-state index contributed by atoms with van der Waals surface area (Å²) < 4.78 is 13.7. The topological polar surface area (TPSA) is 70.7 Å². The Morgan fingerprint density at radius 3 is 2.75 bits per heavy atom. The average Bonchev–Trinajstić information content (AvgIpc) is 3.10. The van der Waals surface area contributed by atoms with E-state index in [1.165, 1.54) is 36.3 Å². The molecule has 24 heavy (non-hydrogen) atoms. The number of rotatable bonds is 5. The number of benzene rings is 2. The lowest BCUT2D eigenvalue weighted by Gasteiger charge is -2.07. The first kappa shape index (κ1) is 16.5. The quantitative estimate of drug-likeness (QED) is 0.669. The molecule has 3 aromatic rings. The van der Waals surface area contributed by atoms with Crippen molar-refractivity contribution in [3.8, 4) is 0 Å². The van der Waals surface area contributed by atoms with Gasteiger partial charge in [0.25, 0.3) is 5.91 Å². The minimum Gasteiger partial charge on any atom is -0.319 e. The maximum atomic E-state index is 13.7. The van der Waals surface area contributed by atoms with Crippen molar-refractivity contribution in [2.75, 3.05) is 5.32 Å². The lowest BCUT2D eigenvalue weighted by molar-refractivity contribution is 0.102. The zero-order chi connectivity index (χ0) is 16.9. The minimum atomic E-state index is -0.534. The maximum absolute atomic E-state index is 13.7. The predicted molar refractivity (Wildman–Crippen MR) is 91.7 cm³/mol. The molecule has 0 saturated carbocycles. The maximum Gasteiger partial charge on any atom is 0.255 e. The van der Waals surface area contributed by atoms with Crippen LogP contribution in [0.5, 0.6) is 0 Å². The second kappa shape index (κ2) is 7.46. The summed E-state index contributed by atoms with van der Waals surface area (Å²) in [6.07, 6.45) is 1.45. The van der Waals surface area contributed by atoms with E-state index in [2.05, 4.69) is 20.5 Å². The van der Waals surface area contributed by atoms with Crippen molar-refractivity contribution in [3.63, 3.8) is 0 Å². The third kappa shape index (κ3) is 4.12. The number of hydrogen-bond donors (Lipinski definition) is 2. The number of aromatic nitrogens is 3. The summed E-state index contributed by atoms with van der Waals surface area (Å²) >= 11 is 7.32. The molecular weight excluding hydrogens is 351 g/mol. The van der Waals surface area contributed by atoms with Gasteiger partial charge in [-0.3, -0.25) is 9.89 Å². The number of amides is 1. The molecule has 0 saturated heterocycles. The van der Waals surface area contributed by atoms with Gasteiger partial charge >= 0.3 is 0 Å². The van der Waals surface area contributed by atoms with Crippen LogP contribution in [0.2, 0.25) is 5.02 Å². The van der Waals surface area contributed by atoms with Gasteiger partial charge in [0.05, 0.1) is 5.69 Å². The normalized spacial score (nSPS) is 10.6. The molecule has 0 atom stereocenters. The van der Waals surface area contributed by atoms with Crippen LogP contribution < -0.4 is 5.32 Å². The third-order valence-corrected chi connectivity index (χ3v) is 4.34. The zero-order valence-corrected chi connectivity index (χ0v) is 13.9. The molecule has 0 aliphatic carbocycles. The number of halogens is 2. The highest BCUT2D eigenvalue weighted by Gasteiger charge is 2.10. The molecule has 0 aliphatic heterocycles. The van der Waals surface area contributed by atoms with Gasteiger partial charge in [0.15, 0.2) is 5.16 Å². The van der Waals surface area contributed by atoms with E-state index in [4.69, 9.17) is 11.6 Å². The summed E-state index contributed by atoms with van der Waals surface area (Å²) in [7, 11) is 0. The predicted octanol–water partition coefficient (Wildman–Crippen LogP) is 4.14.